The minimum absolute atomic E-state index is 0.318. The van der Waals surface area contributed by atoms with E-state index in [4.69, 9.17) is 16.3 Å². The van der Waals surface area contributed by atoms with Gasteiger partial charge in [-0.25, -0.2) is 0 Å². The van der Waals surface area contributed by atoms with Gasteiger partial charge in [0, 0.05) is 19.2 Å². The summed E-state index contributed by atoms with van der Waals surface area (Å²) >= 11 is 6.06. The number of piperidine rings is 1. The molecular formula is C13H19ClN2O3S. The summed E-state index contributed by atoms with van der Waals surface area (Å²) < 4.78 is 33.7. The van der Waals surface area contributed by atoms with Crippen LogP contribution in [-0.4, -0.2) is 32.9 Å². The van der Waals surface area contributed by atoms with Crippen molar-refractivity contribution >= 4 is 27.5 Å². The van der Waals surface area contributed by atoms with Gasteiger partial charge in [-0.05, 0) is 30.9 Å². The molecule has 0 saturated carbocycles. The molecule has 7 heteroatoms. The second-order valence-corrected chi connectivity index (χ2v) is 7.14. The van der Waals surface area contributed by atoms with Crippen LogP contribution in [0, 0.1) is 5.92 Å². The van der Waals surface area contributed by atoms with E-state index in [0.717, 1.165) is 12.8 Å². The maximum Gasteiger partial charge on any atom is 0.301 e. The zero-order valence-corrected chi connectivity index (χ0v) is 13.2. The molecule has 1 aliphatic rings. The zero-order chi connectivity index (χ0) is 14.8. The molecule has 0 amide bonds. The number of nitrogens with zero attached hydrogens (tertiary/aromatic N) is 1. The lowest BCUT2D eigenvalue weighted by Crippen LogP contribution is -2.42. The summed E-state index contributed by atoms with van der Waals surface area (Å²) in [6.07, 6.45) is 1.95. The maximum atomic E-state index is 12.3. The number of nitrogens with one attached hydrogen (secondary N) is 1. The lowest BCUT2D eigenvalue weighted by molar-refractivity contribution is 0.282. The summed E-state index contributed by atoms with van der Waals surface area (Å²) in [5, 5.41) is 0.318. The molecule has 0 radical (unpaired) electrons. The van der Waals surface area contributed by atoms with Gasteiger partial charge in [0.1, 0.15) is 5.75 Å². The van der Waals surface area contributed by atoms with Gasteiger partial charge in [-0.2, -0.15) is 12.7 Å². The third kappa shape index (κ3) is 3.56. The van der Waals surface area contributed by atoms with Gasteiger partial charge < -0.3 is 4.74 Å². The van der Waals surface area contributed by atoms with Gasteiger partial charge in [0.2, 0.25) is 0 Å². The molecule has 112 valence electrons. The van der Waals surface area contributed by atoms with E-state index in [-0.39, 0.29) is 0 Å². The van der Waals surface area contributed by atoms with Crippen LogP contribution >= 0.6 is 11.6 Å². The first kappa shape index (κ1) is 15.4. The van der Waals surface area contributed by atoms with Crippen molar-refractivity contribution in [2.45, 2.75) is 19.8 Å². The fourth-order valence-corrected chi connectivity index (χ4v) is 3.95. The lowest BCUT2D eigenvalue weighted by atomic mass is 10.0. The van der Waals surface area contributed by atoms with Crippen molar-refractivity contribution < 1.29 is 13.2 Å². The van der Waals surface area contributed by atoms with Crippen LogP contribution in [0.15, 0.2) is 18.2 Å². The summed E-state index contributed by atoms with van der Waals surface area (Å²) in [6.45, 7) is 3.15. The van der Waals surface area contributed by atoms with Gasteiger partial charge in [0.05, 0.1) is 17.8 Å². The molecule has 1 aromatic carbocycles. The largest absolute Gasteiger partial charge is 0.497 e. The Morgan fingerprint density at radius 2 is 2.20 bits per heavy atom. The molecule has 1 heterocycles. The van der Waals surface area contributed by atoms with E-state index in [1.807, 2.05) is 0 Å². The van der Waals surface area contributed by atoms with E-state index in [0.29, 0.717) is 35.5 Å². The van der Waals surface area contributed by atoms with Gasteiger partial charge in [-0.1, -0.05) is 18.5 Å². The molecule has 1 fully saturated rings. The number of anilines is 1. The van der Waals surface area contributed by atoms with Gasteiger partial charge in [-0.3, -0.25) is 4.72 Å². The Hall–Kier alpha value is -0.980. The highest BCUT2D eigenvalue weighted by atomic mass is 35.5. The number of rotatable bonds is 4. The highest BCUT2D eigenvalue weighted by molar-refractivity contribution is 7.90. The summed E-state index contributed by atoms with van der Waals surface area (Å²) in [4.78, 5) is 0. The fourth-order valence-electron chi connectivity index (χ4n) is 2.27. The second kappa shape index (κ2) is 6.20. The Labute approximate surface area is 125 Å². The summed E-state index contributed by atoms with van der Waals surface area (Å²) in [5.41, 5.74) is 0.366. The monoisotopic (exact) mass is 318 g/mol. The topological polar surface area (TPSA) is 58.6 Å². The minimum Gasteiger partial charge on any atom is -0.497 e. The first-order chi connectivity index (χ1) is 9.42. The Balaban J connectivity index is 2.15. The molecule has 0 bridgehead atoms. The Kier molecular flexibility index (Phi) is 4.78. The van der Waals surface area contributed by atoms with Crippen molar-refractivity contribution in [1.29, 1.82) is 0 Å². The third-order valence-corrected chi connectivity index (χ3v) is 5.18. The van der Waals surface area contributed by atoms with E-state index in [1.165, 1.54) is 11.4 Å². The van der Waals surface area contributed by atoms with E-state index < -0.39 is 10.2 Å². The second-order valence-electron chi connectivity index (χ2n) is 5.06. The zero-order valence-electron chi connectivity index (χ0n) is 11.6. The number of benzene rings is 1. The lowest BCUT2D eigenvalue weighted by Gasteiger charge is -2.30. The van der Waals surface area contributed by atoms with Gasteiger partial charge in [0.25, 0.3) is 0 Å². The molecule has 1 N–H and O–H groups in total. The van der Waals surface area contributed by atoms with E-state index in [1.54, 1.807) is 18.2 Å². The molecule has 5 nitrogen and oxygen atoms in total. The predicted octanol–water partition coefficient (Wildman–Crippen LogP) is 2.74. The van der Waals surface area contributed by atoms with Crippen LogP contribution in [0.2, 0.25) is 5.02 Å². The number of halogens is 1. The third-order valence-electron chi connectivity index (χ3n) is 3.37. The summed E-state index contributed by atoms with van der Waals surface area (Å²) in [5.74, 6) is 0.969. The van der Waals surface area contributed by atoms with E-state index in [2.05, 4.69) is 11.6 Å². The first-order valence-electron chi connectivity index (χ1n) is 6.54. The number of hydrogen-bond acceptors (Lipinski definition) is 3. The van der Waals surface area contributed by atoms with E-state index >= 15 is 0 Å². The first-order valence-corrected chi connectivity index (χ1v) is 8.35. The Bertz CT molecular complexity index is 577. The van der Waals surface area contributed by atoms with Crippen LogP contribution in [0.25, 0.3) is 0 Å². The molecular weight excluding hydrogens is 300 g/mol. The SMILES string of the molecule is COc1ccc(NS(=O)(=O)N2CCCC(C)C2)c(Cl)c1. The Morgan fingerprint density at radius 1 is 1.45 bits per heavy atom. The van der Waals surface area contributed by atoms with Crippen molar-refractivity contribution in [2.75, 3.05) is 24.9 Å². The summed E-state index contributed by atoms with van der Waals surface area (Å²) in [6, 6.07) is 4.85. The maximum absolute atomic E-state index is 12.3. The molecule has 0 aromatic heterocycles. The van der Waals surface area contributed by atoms with Gasteiger partial charge >= 0.3 is 10.2 Å². The average molecular weight is 319 g/mol. The number of methoxy groups -OCH3 is 1. The molecule has 0 aliphatic carbocycles. The molecule has 1 unspecified atom stereocenters. The molecule has 1 atom stereocenters. The van der Waals surface area contributed by atoms with Crippen LogP contribution in [-0.2, 0) is 10.2 Å². The van der Waals surface area contributed by atoms with Crippen molar-refractivity contribution in [3.63, 3.8) is 0 Å². The smallest absolute Gasteiger partial charge is 0.301 e. The molecule has 2 rings (SSSR count). The van der Waals surface area contributed by atoms with Crippen LogP contribution < -0.4 is 9.46 Å². The molecule has 0 spiro atoms. The minimum atomic E-state index is -3.55. The van der Waals surface area contributed by atoms with Gasteiger partial charge in [0.15, 0.2) is 0 Å². The molecule has 1 saturated heterocycles. The fraction of sp³-hybridized carbons (Fsp3) is 0.538. The number of ether oxygens (including phenoxy) is 1. The molecule has 20 heavy (non-hydrogen) atoms. The van der Waals surface area contributed by atoms with Crippen LogP contribution in [0.4, 0.5) is 5.69 Å². The van der Waals surface area contributed by atoms with Gasteiger partial charge in [-0.15, -0.1) is 0 Å². The highest BCUT2D eigenvalue weighted by Gasteiger charge is 2.27. The molecule has 1 aliphatic heterocycles. The Morgan fingerprint density at radius 3 is 2.80 bits per heavy atom. The number of hydrogen-bond donors (Lipinski definition) is 1. The van der Waals surface area contributed by atoms with Crippen molar-refractivity contribution in [3.8, 4) is 5.75 Å². The van der Waals surface area contributed by atoms with Crippen molar-refractivity contribution in [3.05, 3.63) is 23.2 Å². The quantitative estimate of drug-likeness (QED) is 0.928. The van der Waals surface area contributed by atoms with Crippen molar-refractivity contribution in [1.82, 2.24) is 4.31 Å². The van der Waals surface area contributed by atoms with Crippen LogP contribution in [0.5, 0.6) is 5.75 Å². The van der Waals surface area contributed by atoms with E-state index in [9.17, 15) is 8.42 Å². The standard InChI is InChI=1S/C13H19ClN2O3S/c1-10-4-3-7-16(9-10)20(17,18)15-13-6-5-11(19-2)8-12(13)14/h5-6,8,10,15H,3-4,7,9H2,1-2H3. The normalized spacial score (nSPS) is 20.6. The highest BCUT2D eigenvalue weighted by Crippen LogP contribution is 2.28. The van der Waals surface area contributed by atoms with Crippen LogP contribution in [0.1, 0.15) is 19.8 Å². The van der Waals surface area contributed by atoms with Crippen LogP contribution in [0.3, 0.4) is 0 Å². The summed E-state index contributed by atoms with van der Waals surface area (Å²) in [7, 11) is -2.02. The van der Waals surface area contributed by atoms with Crippen molar-refractivity contribution in [2.24, 2.45) is 5.92 Å². The average Bonchev–Trinajstić information content (AvgIpc) is 2.41. The molecule has 1 aromatic rings. The predicted molar refractivity (Wildman–Crippen MR) is 80.5 cm³/mol.